The van der Waals surface area contributed by atoms with Crippen molar-refractivity contribution in [1.29, 1.82) is 0 Å². The number of carbonyl (C=O) groups is 2. The van der Waals surface area contributed by atoms with Gasteiger partial charge in [-0.05, 0) is 18.2 Å². The largest absolute Gasteiger partial charge is 0.478 e. The Morgan fingerprint density at radius 2 is 2.17 bits per heavy atom. The van der Waals surface area contributed by atoms with E-state index < -0.39 is 5.97 Å². The van der Waals surface area contributed by atoms with Crippen molar-refractivity contribution < 1.29 is 14.7 Å². The summed E-state index contributed by atoms with van der Waals surface area (Å²) in [5, 5.41) is 8.64. The van der Waals surface area contributed by atoms with Gasteiger partial charge in [-0.3, -0.25) is 4.79 Å². The topological polar surface area (TPSA) is 54.4 Å². The van der Waals surface area contributed by atoms with E-state index in [0.717, 1.165) is 0 Å². The molecule has 1 N–H and O–H groups in total. The summed E-state index contributed by atoms with van der Waals surface area (Å²) in [5.41, 5.74) is 0.199. The van der Waals surface area contributed by atoms with Crippen LogP contribution in [-0.2, 0) is 0 Å². The van der Waals surface area contributed by atoms with Crippen molar-refractivity contribution in [3.05, 3.63) is 33.8 Å². The van der Waals surface area contributed by atoms with Crippen molar-refractivity contribution in [2.24, 2.45) is 0 Å². The zero-order valence-electron chi connectivity index (χ0n) is 5.95. The summed E-state index contributed by atoms with van der Waals surface area (Å²) in [6.45, 7) is 0. The maximum Gasteiger partial charge on any atom is 0.336 e. The molecule has 1 aromatic carbocycles. The van der Waals surface area contributed by atoms with Crippen LogP contribution >= 0.6 is 15.9 Å². The van der Waals surface area contributed by atoms with Gasteiger partial charge in [-0.2, -0.15) is 0 Å². The number of carboxylic acid groups (broad SMARTS) is 1. The molecule has 0 bridgehead atoms. The number of carbonyl (C=O) groups excluding carboxylic acids is 1. The first-order valence-electron chi connectivity index (χ1n) is 3.13. The Bertz CT molecular complexity index is 333. The zero-order chi connectivity index (χ0) is 9.14. The number of carboxylic acids is 1. The number of aldehydes is 1. The Hall–Kier alpha value is -1.16. The molecule has 0 saturated carbocycles. The molecule has 0 amide bonds. The van der Waals surface area contributed by atoms with Crippen LogP contribution in [0.5, 0.6) is 0 Å². The maximum atomic E-state index is 10.6. The van der Waals surface area contributed by atoms with Gasteiger partial charge in [0.15, 0.2) is 6.29 Å². The normalized spacial score (nSPS) is 9.42. The summed E-state index contributed by atoms with van der Waals surface area (Å²) in [6, 6.07) is 4.47. The van der Waals surface area contributed by atoms with Crippen molar-refractivity contribution in [3.8, 4) is 0 Å². The molecule has 0 unspecified atom stereocenters. The molecule has 0 saturated heterocycles. The minimum atomic E-state index is -1.10. The van der Waals surface area contributed by atoms with Crippen LogP contribution < -0.4 is 0 Å². The van der Waals surface area contributed by atoms with E-state index in [1.165, 1.54) is 12.1 Å². The Balaban J connectivity index is 3.30. The molecule has 0 aromatic heterocycles. The molecule has 0 radical (unpaired) electrons. The Morgan fingerprint density at radius 3 is 2.67 bits per heavy atom. The van der Waals surface area contributed by atoms with Crippen LogP contribution in [0.15, 0.2) is 22.7 Å². The minimum absolute atomic E-state index is 0.0133. The van der Waals surface area contributed by atoms with Gasteiger partial charge in [0.1, 0.15) is 0 Å². The molecule has 0 atom stereocenters. The number of benzene rings is 1. The van der Waals surface area contributed by atoms with Gasteiger partial charge in [0.05, 0.1) is 5.56 Å². The third kappa shape index (κ3) is 1.71. The summed E-state index contributed by atoms with van der Waals surface area (Å²) < 4.78 is 0.644. The Morgan fingerprint density at radius 1 is 1.50 bits per heavy atom. The lowest BCUT2D eigenvalue weighted by atomic mass is 10.1. The molecule has 4 heteroatoms. The molecule has 1 rings (SSSR count). The van der Waals surface area contributed by atoms with Gasteiger partial charge < -0.3 is 5.11 Å². The third-order valence-electron chi connectivity index (χ3n) is 1.37. The second kappa shape index (κ2) is 3.49. The van der Waals surface area contributed by atoms with Gasteiger partial charge in [0.2, 0.25) is 0 Å². The molecule has 0 aliphatic carbocycles. The number of hydrogen-bond acceptors (Lipinski definition) is 2. The van der Waals surface area contributed by atoms with Gasteiger partial charge in [0, 0.05) is 10.0 Å². The van der Waals surface area contributed by atoms with Gasteiger partial charge >= 0.3 is 5.97 Å². The maximum absolute atomic E-state index is 10.6. The first-order valence-corrected chi connectivity index (χ1v) is 3.92. The molecule has 1 aromatic rings. The van der Waals surface area contributed by atoms with Crippen LogP contribution in [0.1, 0.15) is 20.7 Å². The van der Waals surface area contributed by atoms with Crippen molar-refractivity contribution in [2.75, 3.05) is 0 Å². The van der Waals surface area contributed by atoms with Gasteiger partial charge in [-0.1, -0.05) is 15.9 Å². The molecule has 0 heterocycles. The number of hydrogen-bond donors (Lipinski definition) is 1. The van der Waals surface area contributed by atoms with Crippen LogP contribution in [0.2, 0.25) is 0 Å². The fourth-order valence-electron chi connectivity index (χ4n) is 0.816. The first-order chi connectivity index (χ1) is 5.65. The summed E-state index contributed by atoms with van der Waals surface area (Å²) in [4.78, 5) is 20.9. The SMILES string of the molecule is O=Cc1ccc(Br)cc1C(=O)O. The monoisotopic (exact) mass is 228 g/mol. The van der Waals surface area contributed by atoms with E-state index in [1.807, 2.05) is 0 Å². The highest BCUT2D eigenvalue weighted by Gasteiger charge is 2.08. The average Bonchev–Trinajstić information content (AvgIpc) is 2.04. The fourth-order valence-corrected chi connectivity index (χ4v) is 1.18. The van der Waals surface area contributed by atoms with E-state index in [-0.39, 0.29) is 11.1 Å². The second-order valence-corrected chi connectivity index (χ2v) is 3.07. The van der Waals surface area contributed by atoms with Crippen molar-refractivity contribution >= 4 is 28.2 Å². The predicted molar refractivity (Wildman–Crippen MR) is 46.5 cm³/mol. The van der Waals surface area contributed by atoms with E-state index in [2.05, 4.69) is 15.9 Å². The second-order valence-electron chi connectivity index (χ2n) is 2.15. The van der Waals surface area contributed by atoms with E-state index in [4.69, 9.17) is 5.11 Å². The first kappa shape index (κ1) is 8.93. The van der Waals surface area contributed by atoms with E-state index >= 15 is 0 Å². The molecular formula is C8H5BrO3. The molecule has 3 nitrogen and oxygen atoms in total. The summed E-state index contributed by atoms with van der Waals surface area (Å²) in [5.74, 6) is -1.10. The molecule has 0 aliphatic rings. The third-order valence-corrected chi connectivity index (χ3v) is 1.87. The lowest BCUT2D eigenvalue weighted by Gasteiger charge is -1.98. The summed E-state index contributed by atoms with van der Waals surface area (Å²) >= 11 is 3.11. The average molecular weight is 229 g/mol. The highest BCUT2D eigenvalue weighted by atomic mass is 79.9. The molecule has 0 fully saturated rings. The van der Waals surface area contributed by atoms with Crippen LogP contribution in [0.25, 0.3) is 0 Å². The number of halogens is 1. The van der Waals surface area contributed by atoms with Gasteiger partial charge in [-0.15, -0.1) is 0 Å². The van der Waals surface area contributed by atoms with E-state index in [0.29, 0.717) is 10.8 Å². The van der Waals surface area contributed by atoms with Crippen molar-refractivity contribution in [2.45, 2.75) is 0 Å². The lowest BCUT2D eigenvalue weighted by molar-refractivity contribution is 0.0694. The summed E-state index contributed by atoms with van der Waals surface area (Å²) in [6.07, 6.45) is 0.524. The minimum Gasteiger partial charge on any atom is -0.478 e. The fraction of sp³-hybridized carbons (Fsp3) is 0. The standard InChI is InChI=1S/C8H5BrO3/c9-6-2-1-5(4-10)7(3-6)8(11)12/h1-4H,(H,11,12). The molecular weight excluding hydrogens is 224 g/mol. The smallest absolute Gasteiger partial charge is 0.336 e. The van der Waals surface area contributed by atoms with Crippen LogP contribution in [-0.4, -0.2) is 17.4 Å². The quantitative estimate of drug-likeness (QED) is 0.788. The lowest BCUT2D eigenvalue weighted by Crippen LogP contribution is -2.01. The highest BCUT2D eigenvalue weighted by Crippen LogP contribution is 2.15. The highest BCUT2D eigenvalue weighted by molar-refractivity contribution is 9.10. The van der Waals surface area contributed by atoms with Crippen molar-refractivity contribution in [3.63, 3.8) is 0 Å². The van der Waals surface area contributed by atoms with E-state index in [9.17, 15) is 9.59 Å². The number of rotatable bonds is 2. The zero-order valence-corrected chi connectivity index (χ0v) is 7.54. The van der Waals surface area contributed by atoms with Crippen LogP contribution in [0, 0.1) is 0 Å². The Labute approximate surface area is 77.1 Å². The molecule has 12 heavy (non-hydrogen) atoms. The van der Waals surface area contributed by atoms with Crippen molar-refractivity contribution in [1.82, 2.24) is 0 Å². The van der Waals surface area contributed by atoms with Gasteiger partial charge in [-0.25, -0.2) is 4.79 Å². The molecule has 0 spiro atoms. The molecule has 62 valence electrons. The number of aromatic carboxylic acids is 1. The molecule has 0 aliphatic heterocycles. The Kier molecular flexibility index (Phi) is 2.60. The van der Waals surface area contributed by atoms with Crippen LogP contribution in [0.4, 0.5) is 0 Å². The predicted octanol–water partition coefficient (Wildman–Crippen LogP) is 1.96. The summed E-state index contributed by atoms with van der Waals surface area (Å²) in [7, 11) is 0. The van der Waals surface area contributed by atoms with E-state index in [1.54, 1.807) is 6.07 Å². The van der Waals surface area contributed by atoms with Crippen LogP contribution in [0.3, 0.4) is 0 Å². The van der Waals surface area contributed by atoms with Gasteiger partial charge in [0.25, 0.3) is 0 Å².